The van der Waals surface area contributed by atoms with E-state index < -0.39 is 5.97 Å². The first-order valence-corrected chi connectivity index (χ1v) is 7.58. The summed E-state index contributed by atoms with van der Waals surface area (Å²) in [5, 5.41) is 11.4. The van der Waals surface area contributed by atoms with E-state index in [1.807, 2.05) is 19.1 Å². The molecule has 1 aliphatic rings. The average molecular weight is 317 g/mol. The van der Waals surface area contributed by atoms with Crippen molar-refractivity contribution < 1.29 is 19.4 Å². The number of aryl methyl sites for hydroxylation is 1. The van der Waals surface area contributed by atoms with Gasteiger partial charge in [0.25, 0.3) is 0 Å². The Morgan fingerprint density at radius 1 is 1.43 bits per heavy atom. The van der Waals surface area contributed by atoms with Crippen molar-refractivity contribution >= 4 is 22.9 Å². The van der Waals surface area contributed by atoms with Crippen LogP contribution in [0.5, 0.6) is 0 Å². The summed E-state index contributed by atoms with van der Waals surface area (Å²) < 4.78 is 7.68. The SMILES string of the molecule is Cc1ccc2nc3n(c2c1)C(CNC(=O)CCC(=O)O)COC3. The molecular weight excluding hydrogens is 298 g/mol. The molecule has 7 heteroatoms. The molecule has 7 nitrogen and oxygen atoms in total. The molecule has 1 atom stereocenters. The second-order valence-electron chi connectivity index (χ2n) is 5.76. The highest BCUT2D eigenvalue weighted by Crippen LogP contribution is 2.26. The number of nitrogens with one attached hydrogen (secondary N) is 1. The first-order chi connectivity index (χ1) is 11.0. The molecule has 1 aliphatic heterocycles. The van der Waals surface area contributed by atoms with E-state index in [0.717, 1.165) is 22.4 Å². The van der Waals surface area contributed by atoms with E-state index >= 15 is 0 Å². The number of carbonyl (C=O) groups excluding carboxylic acids is 1. The molecule has 0 spiro atoms. The van der Waals surface area contributed by atoms with Crippen LogP contribution in [0.15, 0.2) is 18.2 Å². The van der Waals surface area contributed by atoms with Gasteiger partial charge in [-0.15, -0.1) is 0 Å². The van der Waals surface area contributed by atoms with Crippen LogP contribution in [0.25, 0.3) is 11.0 Å². The third kappa shape index (κ3) is 3.34. The fourth-order valence-corrected chi connectivity index (χ4v) is 2.81. The predicted octanol–water partition coefficient (Wildman–Crippen LogP) is 1.40. The van der Waals surface area contributed by atoms with E-state index in [4.69, 9.17) is 9.84 Å². The largest absolute Gasteiger partial charge is 0.481 e. The van der Waals surface area contributed by atoms with Crippen molar-refractivity contribution in [2.24, 2.45) is 0 Å². The van der Waals surface area contributed by atoms with Crippen LogP contribution in [0.1, 0.15) is 30.3 Å². The number of benzene rings is 1. The minimum absolute atomic E-state index is 0.0143. The Kier molecular flexibility index (Phi) is 4.29. The number of carboxylic acids is 1. The Labute approximate surface area is 133 Å². The summed E-state index contributed by atoms with van der Waals surface area (Å²) in [6, 6.07) is 6.04. The summed E-state index contributed by atoms with van der Waals surface area (Å²) in [4.78, 5) is 26.8. The second kappa shape index (κ2) is 6.37. The number of ether oxygens (including phenoxy) is 1. The van der Waals surface area contributed by atoms with Gasteiger partial charge in [-0.1, -0.05) is 6.07 Å². The fourth-order valence-electron chi connectivity index (χ4n) is 2.81. The molecule has 3 rings (SSSR count). The molecule has 2 aromatic rings. The van der Waals surface area contributed by atoms with Gasteiger partial charge in [-0.05, 0) is 24.6 Å². The zero-order valence-electron chi connectivity index (χ0n) is 12.9. The van der Waals surface area contributed by atoms with Gasteiger partial charge in [0.05, 0.1) is 30.1 Å². The lowest BCUT2D eigenvalue weighted by Gasteiger charge is -2.26. The maximum Gasteiger partial charge on any atom is 0.303 e. The molecule has 2 heterocycles. The van der Waals surface area contributed by atoms with Gasteiger partial charge >= 0.3 is 5.97 Å². The molecule has 0 aliphatic carbocycles. The highest BCUT2D eigenvalue weighted by atomic mass is 16.5. The lowest BCUT2D eigenvalue weighted by molar-refractivity contribution is -0.138. The summed E-state index contributed by atoms with van der Waals surface area (Å²) in [6.07, 6.45) is -0.176. The molecule has 0 saturated heterocycles. The molecule has 1 amide bonds. The summed E-state index contributed by atoms with van der Waals surface area (Å²) in [5.74, 6) is -0.388. The summed E-state index contributed by atoms with van der Waals surface area (Å²) in [7, 11) is 0. The van der Waals surface area contributed by atoms with Crippen molar-refractivity contribution in [1.29, 1.82) is 0 Å². The fraction of sp³-hybridized carbons (Fsp3) is 0.438. The van der Waals surface area contributed by atoms with Crippen molar-refractivity contribution in [3.8, 4) is 0 Å². The maximum absolute atomic E-state index is 11.7. The van der Waals surface area contributed by atoms with Crippen molar-refractivity contribution in [3.05, 3.63) is 29.6 Å². The van der Waals surface area contributed by atoms with Crippen molar-refractivity contribution in [3.63, 3.8) is 0 Å². The number of carboxylic acid groups (broad SMARTS) is 1. The van der Waals surface area contributed by atoms with Crippen molar-refractivity contribution in [1.82, 2.24) is 14.9 Å². The molecule has 1 unspecified atom stereocenters. The zero-order chi connectivity index (χ0) is 16.4. The van der Waals surface area contributed by atoms with Gasteiger partial charge in [-0.2, -0.15) is 0 Å². The number of carbonyl (C=O) groups is 2. The summed E-state index contributed by atoms with van der Waals surface area (Å²) in [6.45, 7) is 3.37. The molecular formula is C16H19N3O4. The normalized spacial score (nSPS) is 17.0. The highest BCUT2D eigenvalue weighted by Gasteiger charge is 2.24. The van der Waals surface area contributed by atoms with Crippen LogP contribution >= 0.6 is 0 Å². The van der Waals surface area contributed by atoms with Crippen LogP contribution in [0.4, 0.5) is 0 Å². The number of fused-ring (bicyclic) bond motifs is 3. The Morgan fingerprint density at radius 2 is 2.26 bits per heavy atom. The summed E-state index contributed by atoms with van der Waals surface area (Å²) in [5.41, 5.74) is 3.10. The highest BCUT2D eigenvalue weighted by molar-refractivity contribution is 5.80. The van der Waals surface area contributed by atoms with Gasteiger partial charge in [-0.3, -0.25) is 9.59 Å². The van der Waals surface area contributed by atoms with E-state index in [2.05, 4.69) is 20.9 Å². The van der Waals surface area contributed by atoms with E-state index in [-0.39, 0.29) is 24.8 Å². The molecule has 0 saturated carbocycles. The molecule has 1 aromatic carbocycles. The minimum Gasteiger partial charge on any atom is -0.481 e. The molecule has 0 fully saturated rings. The number of aromatic nitrogens is 2. The zero-order valence-corrected chi connectivity index (χ0v) is 12.9. The lowest BCUT2D eigenvalue weighted by Crippen LogP contribution is -2.35. The molecule has 122 valence electrons. The van der Waals surface area contributed by atoms with Gasteiger partial charge in [-0.25, -0.2) is 4.98 Å². The smallest absolute Gasteiger partial charge is 0.303 e. The van der Waals surface area contributed by atoms with Crippen LogP contribution < -0.4 is 5.32 Å². The minimum atomic E-state index is -0.973. The van der Waals surface area contributed by atoms with Crippen LogP contribution in [0, 0.1) is 6.92 Å². The topological polar surface area (TPSA) is 93.5 Å². The number of aliphatic carboxylic acids is 1. The van der Waals surface area contributed by atoms with Crippen molar-refractivity contribution in [2.45, 2.75) is 32.4 Å². The Hall–Kier alpha value is -2.41. The third-order valence-electron chi connectivity index (χ3n) is 3.93. The van der Waals surface area contributed by atoms with E-state index in [1.54, 1.807) is 0 Å². The van der Waals surface area contributed by atoms with Gasteiger partial charge in [0.2, 0.25) is 5.91 Å². The van der Waals surface area contributed by atoms with Crippen molar-refractivity contribution in [2.75, 3.05) is 13.2 Å². The number of hydrogen-bond acceptors (Lipinski definition) is 4. The molecule has 0 bridgehead atoms. The van der Waals surface area contributed by atoms with Gasteiger partial charge in [0.15, 0.2) is 0 Å². The summed E-state index contributed by atoms with van der Waals surface area (Å²) >= 11 is 0. The van der Waals surface area contributed by atoms with E-state index in [1.165, 1.54) is 0 Å². The third-order valence-corrected chi connectivity index (χ3v) is 3.93. The predicted molar refractivity (Wildman–Crippen MR) is 83.0 cm³/mol. The van der Waals surface area contributed by atoms with E-state index in [0.29, 0.717) is 19.8 Å². The van der Waals surface area contributed by atoms with Gasteiger partial charge in [0.1, 0.15) is 12.4 Å². The first-order valence-electron chi connectivity index (χ1n) is 7.58. The maximum atomic E-state index is 11.7. The number of nitrogens with zero attached hydrogens (tertiary/aromatic N) is 2. The molecule has 2 N–H and O–H groups in total. The van der Waals surface area contributed by atoms with Gasteiger partial charge < -0.3 is 19.7 Å². The molecule has 0 radical (unpaired) electrons. The molecule has 1 aromatic heterocycles. The number of amides is 1. The van der Waals surface area contributed by atoms with Crippen LogP contribution in [0.2, 0.25) is 0 Å². The monoisotopic (exact) mass is 317 g/mol. The van der Waals surface area contributed by atoms with Crippen LogP contribution in [-0.4, -0.2) is 39.7 Å². The number of imidazole rings is 1. The first kappa shape index (κ1) is 15.5. The second-order valence-corrected chi connectivity index (χ2v) is 5.76. The lowest BCUT2D eigenvalue weighted by atomic mass is 10.2. The Bertz CT molecular complexity index is 753. The van der Waals surface area contributed by atoms with E-state index in [9.17, 15) is 9.59 Å². The standard InChI is InChI=1S/C16H19N3O4/c1-10-2-3-12-13(6-10)19-11(8-23-9-14(19)18-12)7-17-15(20)4-5-16(21)22/h2-3,6,11H,4-5,7-9H2,1H3,(H,17,20)(H,21,22). The number of rotatable bonds is 5. The number of hydrogen-bond donors (Lipinski definition) is 2. The van der Waals surface area contributed by atoms with Gasteiger partial charge in [0, 0.05) is 13.0 Å². The Morgan fingerprint density at radius 3 is 3.04 bits per heavy atom. The molecule has 23 heavy (non-hydrogen) atoms. The van der Waals surface area contributed by atoms with Crippen LogP contribution in [-0.2, 0) is 20.9 Å². The van der Waals surface area contributed by atoms with Crippen LogP contribution in [0.3, 0.4) is 0 Å². The quantitative estimate of drug-likeness (QED) is 0.869. The average Bonchev–Trinajstić information content (AvgIpc) is 2.89. The Balaban J connectivity index is 1.76.